The van der Waals surface area contributed by atoms with Crippen molar-refractivity contribution >= 4 is 75.3 Å². The van der Waals surface area contributed by atoms with E-state index in [-0.39, 0.29) is 11.0 Å². The molecule has 140 valence electrons. The number of hydrogen-bond donors (Lipinski definition) is 3. The highest BCUT2D eigenvalue weighted by Gasteiger charge is 2.34. The van der Waals surface area contributed by atoms with E-state index in [0.29, 0.717) is 11.4 Å². The molecule has 0 radical (unpaired) electrons. The molecule has 0 aliphatic rings. The van der Waals surface area contributed by atoms with Gasteiger partial charge < -0.3 is 16.0 Å². The van der Waals surface area contributed by atoms with Crippen LogP contribution >= 0.6 is 58.6 Å². The monoisotopic (exact) mass is 443 g/mol. The number of rotatable bonds is 8. The van der Waals surface area contributed by atoms with Gasteiger partial charge in [-0.2, -0.15) is 0 Å². The van der Waals surface area contributed by atoms with Gasteiger partial charge in [0.15, 0.2) is 5.11 Å². The Bertz CT molecular complexity index is 563. The summed E-state index contributed by atoms with van der Waals surface area (Å²) in [5.74, 6) is -0.200. The number of hydrogen-bond acceptors (Lipinski definition) is 2. The van der Waals surface area contributed by atoms with Gasteiger partial charge in [0.2, 0.25) is 9.70 Å². The maximum absolute atomic E-state index is 12.0. The molecule has 0 heterocycles. The molecule has 0 saturated heterocycles. The predicted molar refractivity (Wildman–Crippen MR) is 112 cm³/mol. The number of nitrogens with one attached hydrogen (secondary N) is 3. The molecule has 0 bridgehead atoms. The first-order chi connectivity index (χ1) is 11.7. The molecule has 1 aromatic carbocycles. The SMILES string of the molecule is CCCCCCC(=O)N[C@H](NC(=S)Nc1ccc(Cl)cc1)C(Cl)(Cl)Cl. The summed E-state index contributed by atoms with van der Waals surface area (Å²) in [7, 11) is 0. The number of benzene rings is 1. The second kappa shape index (κ2) is 11.3. The smallest absolute Gasteiger partial charge is 0.228 e. The molecule has 0 unspecified atom stereocenters. The van der Waals surface area contributed by atoms with Crippen molar-refractivity contribution in [3.8, 4) is 0 Å². The first kappa shape index (κ1) is 22.6. The number of alkyl halides is 3. The van der Waals surface area contributed by atoms with E-state index in [1.54, 1.807) is 24.3 Å². The van der Waals surface area contributed by atoms with Gasteiger partial charge in [-0.3, -0.25) is 4.79 Å². The van der Waals surface area contributed by atoms with Crippen LogP contribution in [0.15, 0.2) is 24.3 Å². The molecule has 0 saturated carbocycles. The summed E-state index contributed by atoms with van der Waals surface area (Å²) >= 11 is 28.9. The molecule has 0 spiro atoms. The van der Waals surface area contributed by atoms with Crippen molar-refractivity contribution in [3.63, 3.8) is 0 Å². The first-order valence-electron chi connectivity index (χ1n) is 7.91. The number of amides is 1. The van der Waals surface area contributed by atoms with Gasteiger partial charge in [0.05, 0.1) is 0 Å². The third-order valence-electron chi connectivity index (χ3n) is 3.27. The third-order valence-corrected chi connectivity index (χ3v) is 4.39. The second-order valence-electron chi connectivity index (χ2n) is 5.46. The van der Waals surface area contributed by atoms with Crippen molar-refractivity contribution in [2.45, 2.75) is 49.0 Å². The molecule has 9 heteroatoms. The first-order valence-corrected chi connectivity index (χ1v) is 9.83. The highest BCUT2D eigenvalue weighted by molar-refractivity contribution is 7.80. The molecule has 0 fully saturated rings. The lowest BCUT2D eigenvalue weighted by molar-refractivity contribution is -0.122. The minimum atomic E-state index is -1.76. The summed E-state index contributed by atoms with van der Waals surface area (Å²) in [6.45, 7) is 2.11. The van der Waals surface area contributed by atoms with Crippen LogP contribution in [0.25, 0.3) is 0 Å². The van der Waals surface area contributed by atoms with E-state index >= 15 is 0 Å². The van der Waals surface area contributed by atoms with Gasteiger partial charge in [0.1, 0.15) is 6.17 Å². The Kier molecular flexibility index (Phi) is 10.2. The van der Waals surface area contributed by atoms with Crippen LogP contribution in [-0.2, 0) is 4.79 Å². The topological polar surface area (TPSA) is 53.2 Å². The lowest BCUT2D eigenvalue weighted by Gasteiger charge is -2.27. The molecule has 4 nitrogen and oxygen atoms in total. The molecule has 1 aromatic rings. The molecule has 0 aromatic heterocycles. The van der Waals surface area contributed by atoms with Gasteiger partial charge in [-0.1, -0.05) is 72.6 Å². The standard InChI is InChI=1S/C16H21Cl4N3OS/c1-2-3-4-5-6-13(24)22-14(16(18,19)20)23-15(25)21-12-9-7-11(17)8-10-12/h7-10,14H,2-6H2,1H3,(H,22,24)(H2,21,23,25)/t14-/m1/s1. The Morgan fingerprint density at radius 3 is 2.32 bits per heavy atom. The fraction of sp³-hybridized carbons (Fsp3) is 0.500. The van der Waals surface area contributed by atoms with Crippen molar-refractivity contribution < 1.29 is 4.79 Å². The molecule has 0 aliphatic heterocycles. The van der Waals surface area contributed by atoms with E-state index in [1.165, 1.54) is 0 Å². The lowest BCUT2D eigenvalue weighted by Crippen LogP contribution is -2.56. The normalized spacial score (nSPS) is 12.4. The van der Waals surface area contributed by atoms with Crippen molar-refractivity contribution in [1.82, 2.24) is 10.6 Å². The zero-order valence-corrected chi connectivity index (χ0v) is 17.6. The largest absolute Gasteiger partial charge is 0.339 e. The van der Waals surface area contributed by atoms with Gasteiger partial charge in [-0.05, 0) is 42.9 Å². The fourth-order valence-corrected chi connectivity index (χ4v) is 2.67. The Balaban J connectivity index is 2.56. The summed E-state index contributed by atoms with van der Waals surface area (Å²) in [6, 6.07) is 6.95. The second-order valence-corrected chi connectivity index (χ2v) is 8.67. The molecule has 1 rings (SSSR count). The number of halogens is 4. The van der Waals surface area contributed by atoms with Crippen molar-refractivity contribution in [1.29, 1.82) is 0 Å². The van der Waals surface area contributed by atoms with Crippen LogP contribution in [0.5, 0.6) is 0 Å². The summed E-state index contributed by atoms with van der Waals surface area (Å²) in [5, 5.41) is 9.24. The maximum Gasteiger partial charge on any atom is 0.228 e. The Morgan fingerprint density at radius 2 is 1.76 bits per heavy atom. The minimum Gasteiger partial charge on any atom is -0.339 e. The number of unbranched alkanes of at least 4 members (excludes halogenated alkanes) is 3. The van der Waals surface area contributed by atoms with Gasteiger partial charge in [-0.15, -0.1) is 0 Å². The van der Waals surface area contributed by atoms with Crippen LogP contribution in [0.4, 0.5) is 5.69 Å². The van der Waals surface area contributed by atoms with E-state index in [9.17, 15) is 4.79 Å². The lowest BCUT2D eigenvalue weighted by atomic mass is 10.1. The van der Waals surface area contributed by atoms with Crippen molar-refractivity contribution in [2.75, 3.05) is 5.32 Å². The molecule has 3 N–H and O–H groups in total. The van der Waals surface area contributed by atoms with E-state index < -0.39 is 9.96 Å². The molecular weight excluding hydrogens is 424 g/mol. The van der Waals surface area contributed by atoms with Gasteiger partial charge in [-0.25, -0.2) is 0 Å². The third kappa shape index (κ3) is 9.71. The average molecular weight is 445 g/mol. The average Bonchev–Trinajstić information content (AvgIpc) is 2.52. The maximum atomic E-state index is 12.0. The molecule has 1 amide bonds. The molecular formula is C16H21Cl4N3OS. The highest BCUT2D eigenvalue weighted by Crippen LogP contribution is 2.29. The van der Waals surface area contributed by atoms with Crippen LogP contribution in [0.1, 0.15) is 39.0 Å². The quantitative estimate of drug-likeness (QED) is 0.217. The number of carbonyl (C=O) groups excluding carboxylic acids is 1. The number of carbonyl (C=O) groups is 1. The van der Waals surface area contributed by atoms with Crippen LogP contribution in [0, 0.1) is 0 Å². The van der Waals surface area contributed by atoms with Crippen LogP contribution in [0.3, 0.4) is 0 Å². The highest BCUT2D eigenvalue weighted by atomic mass is 35.6. The molecule has 25 heavy (non-hydrogen) atoms. The van der Waals surface area contributed by atoms with E-state index in [0.717, 1.165) is 31.4 Å². The zero-order valence-electron chi connectivity index (χ0n) is 13.8. The number of thiocarbonyl (C=S) groups is 1. The van der Waals surface area contributed by atoms with Crippen molar-refractivity contribution in [3.05, 3.63) is 29.3 Å². The van der Waals surface area contributed by atoms with Crippen LogP contribution in [0.2, 0.25) is 5.02 Å². The minimum absolute atomic E-state index is 0.200. The van der Waals surface area contributed by atoms with Gasteiger partial charge in [0, 0.05) is 17.1 Å². The Morgan fingerprint density at radius 1 is 1.12 bits per heavy atom. The van der Waals surface area contributed by atoms with Gasteiger partial charge in [0.25, 0.3) is 0 Å². The van der Waals surface area contributed by atoms with Crippen LogP contribution < -0.4 is 16.0 Å². The number of anilines is 1. The Labute approximate surface area is 173 Å². The summed E-state index contributed by atoms with van der Waals surface area (Å²) in [4.78, 5) is 12.0. The van der Waals surface area contributed by atoms with Gasteiger partial charge >= 0.3 is 0 Å². The van der Waals surface area contributed by atoms with Crippen LogP contribution in [-0.4, -0.2) is 21.0 Å². The summed E-state index contributed by atoms with van der Waals surface area (Å²) < 4.78 is -1.76. The van der Waals surface area contributed by atoms with E-state index in [4.69, 9.17) is 58.6 Å². The Hall–Kier alpha value is -0.460. The fourth-order valence-electron chi connectivity index (χ4n) is 1.98. The van der Waals surface area contributed by atoms with E-state index in [2.05, 4.69) is 22.9 Å². The predicted octanol–water partition coefficient (Wildman–Crippen LogP) is 5.41. The summed E-state index contributed by atoms with van der Waals surface area (Å²) in [6.07, 6.45) is 3.39. The summed E-state index contributed by atoms with van der Waals surface area (Å²) in [5.41, 5.74) is 0.718. The molecule has 1 atom stereocenters. The van der Waals surface area contributed by atoms with E-state index in [1.807, 2.05) is 0 Å². The van der Waals surface area contributed by atoms with Crippen molar-refractivity contribution in [2.24, 2.45) is 0 Å². The zero-order chi connectivity index (χ0) is 18.9. The molecule has 0 aliphatic carbocycles.